The molecule has 0 atom stereocenters. The van der Waals surface area contributed by atoms with Gasteiger partial charge in [-0.05, 0) is 63.5 Å². The summed E-state index contributed by atoms with van der Waals surface area (Å²) in [5, 5.41) is 23.8. The van der Waals surface area contributed by atoms with Crippen LogP contribution in [-0.2, 0) is 6.54 Å². The molecule has 2 N–H and O–H groups in total. The molecule has 0 aliphatic rings. The van der Waals surface area contributed by atoms with Crippen LogP contribution in [0.4, 0.5) is 5.82 Å². The zero-order valence-electron chi connectivity index (χ0n) is 16.7. The zero-order chi connectivity index (χ0) is 21.8. The molecule has 4 rings (SSSR count). The molecule has 0 fully saturated rings. The SMILES string of the molecule is CCCN(Cc1ccc(-n2cc(Br)cc2-c2nn[nH]n2)cc1)c1ncccc1C(=O)O. The van der Waals surface area contributed by atoms with Gasteiger partial charge in [-0.3, -0.25) is 0 Å². The van der Waals surface area contributed by atoms with Crippen molar-refractivity contribution in [1.82, 2.24) is 30.2 Å². The fourth-order valence-electron chi connectivity index (χ4n) is 3.41. The number of H-pyrrole nitrogens is 1. The van der Waals surface area contributed by atoms with Gasteiger partial charge >= 0.3 is 5.97 Å². The highest BCUT2D eigenvalue weighted by Gasteiger charge is 2.17. The number of benzene rings is 1. The van der Waals surface area contributed by atoms with Gasteiger partial charge in [0.15, 0.2) is 0 Å². The Hall–Kier alpha value is -3.53. The first-order valence-corrected chi connectivity index (χ1v) is 10.5. The van der Waals surface area contributed by atoms with Crippen molar-refractivity contribution in [2.75, 3.05) is 11.4 Å². The minimum absolute atomic E-state index is 0.203. The zero-order valence-corrected chi connectivity index (χ0v) is 18.3. The number of pyridine rings is 1. The van der Waals surface area contributed by atoms with E-state index in [2.05, 4.69) is 48.5 Å². The van der Waals surface area contributed by atoms with E-state index in [4.69, 9.17) is 0 Å². The van der Waals surface area contributed by atoms with Gasteiger partial charge in [-0.2, -0.15) is 5.21 Å². The second kappa shape index (κ2) is 9.09. The summed E-state index contributed by atoms with van der Waals surface area (Å²) in [7, 11) is 0. The predicted molar refractivity (Wildman–Crippen MR) is 119 cm³/mol. The van der Waals surface area contributed by atoms with E-state index >= 15 is 0 Å². The Morgan fingerprint density at radius 1 is 1.26 bits per heavy atom. The Kier molecular flexibility index (Phi) is 6.08. The topological polar surface area (TPSA) is 113 Å². The molecule has 3 heterocycles. The van der Waals surface area contributed by atoms with Gasteiger partial charge in [0.2, 0.25) is 5.82 Å². The van der Waals surface area contributed by atoms with Crippen LogP contribution in [0.25, 0.3) is 17.2 Å². The average molecular weight is 482 g/mol. The van der Waals surface area contributed by atoms with E-state index in [1.54, 1.807) is 18.3 Å². The Balaban J connectivity index is 1.61. The summed E-state index contributed by atoms with van der Waals surface area (Å²) < 4.78 is 2.88. The normalized spacial score (nSPS) is 10.9. The Morgan fingerprint density at radius 2 is 2.06 bits per heavy atom. The molecule has 0 unspecified atom stereocenters. The molecule has 0 spiro atoms. The minimum Gasteiger partial charge on any atom is -0.478 e. The molecule has 1 aromatic carbocycles. The molecule has 4 aromatic rings. The second-order valence-electron chi connectivity index (χ2n) is 6.92. The summed E-state index contributed by atoms with van der Waals surface area (Å²) in [5.41, 5.74) is 3.00. The maximum Gasteiger partial charge on any atom is 0.339 e. The maximum atomic E-state index is 11.6. The van der Waals surface area contributed by atoms with Gasteiger partial charge in [0.1, 0.15) is 11.4 Å². The molecule has 3 aromatic heterocycles. The maximum absolute atomic E-state index is 11.6. The van der Waals surface area contributed by atoms with Crippen molar-refractivity contribution in [1.29, 1.82) is 0 Å². The van der Waals surface area contributed by atoms with Crippen LogP contribution in [0.5, 0.6) is 0 Å². The number of aromatic nitrogens is 6. The molecule has 0 radical (unpaired) electrons. The number of nitrogens with one attached hydrogen (secondary N) is 1. The third kappa shape index (κ3) is 4.48. The van der Waals surface area contributed by atoms with Gasteiger partial charge in [-0.25, -0.2) is 9.78 Å². The number of halogens is 1. The van der Waals surface area contributed by atoms with Crippen molar-refractivity contribution in [3.8, 4) is 17.2 Å². The highest BCUT2D eigenvalue weighted by molar-refractivity contribution is 9.10. The number of nitrogens with zero attached hydrogens (tertiary/aromatic N) is 6. The Bertz CT molecular complexity index is 1170. The Labute approximate surface area is 186 Å². The lowest BCUT2D eigenvalue weighted by molar-refractivity contribution is 0.0697. The van der Waals surface area contributed by atoms with Crippen molar-refractivity contribution < 1.29 is 9.90 Å². The van der Waals surface area contributed by atoms with Gasteiger partial charge in [0.25, 0.3) is 0 Å². The molecule has 10 heteroatoms. The minimum atomic E-state index is -0.980. The van der Waals surface area contributed by atoms with E-state index in [0.717, 1.165) is 27.8 Å². The average Bonchev–Trinajstić information content (AvgIpc) is 3.43. The molecule has 0 aliphatic heterocycles. The highest BCUT2D eigenvalue weighted by Crippen LogP contribution is 2.27. The number of carboxylic acid groups (broad SMARTS) is 1. The van der Waals surface area contributed by atoms with Gasteiger partial charge in [-0.15, -0.1) is 10.2 Å². The number of anilines is 1. The predicted octanol–water partition coefficient (Wildman–Crippen LogP) is 3.93. The first kappa shape index (κ1) is 20.7. The number of aromatic amines is 1. The number of carbonyl (C=O) groups is 1. The number of hydrogen-bond acceptors (Lipinski definition) is 6. The number of carboxylic acids is 1. The first-order chi connectivity index (χ1) is 15.1. The summed E-state index contributed by atoms with van der Waals surface area (Å²) in [6.07, 6.45) is 4.44. The van der Waals surface area contributed by atoms with Crippen molar-refractivity contribution in [3.63, 3.8) is 0 Å². The Morgan fingerprint density at radius 3 is 2.74 bits per heavy atom. The molecular formula is C21H20BrN7O2. The van der Waals surface area contributed by atoms with Gasteiger partial charge in [0, 0.05) is 35.6 Å². The number of hydrogen-bond donors (Lipinski definition) is 2. The fourth-order valence-corrected chi connectivity index (χ4v) is 3.84. The highest BCUT2D eigenvalue weighted by atomic mass is 79.9. The molecule has 158 valence electrons. The van der Waals surface area contributed by atoms with Crippen LogP contribution in [0.2, 0.25) is 0 Å². The molecule has 31 heavy (non-hydrogen) atoms. The lowest BCUT2D eigenvalue weighted by atomic mass is 10.1. The van der Waals surface area contributed by atoms with Crippen LogP contribution in [0.1, 0.15) is 29.3 Å². The molecule has 0 aliphatic carbocycles. The lowest BCUT2D eigenvalue weighted by Gasteiger charge is -2.24. The van der Waals surface area contributed by atoms with Gasteiger partial charge in [0.05, 0.1) is 5.69 Å². The summed E-state index contributed by atoms with van der Waals surface area (Å²) in [5.74, 6) is 0.00152. The molecule has 0 bridgehead atoms. The van der Waals surface area contributed by atoms with E-state index in [-0.39, 0.29) is 5.56 Å². The first-order valence-electron chi connectivity index (χ1n) is 9.71. The van der Waals surface area contributed by atoms with Gasteiger partial charge in [-0.1, -0.05) is 19.1 Å². The van der Waals surface area contributed by atoms with Gasteiger partial charge < -0.3 is 14.6 Å². The monoisotopic (exact) mass is 481 g/mol. The second-order valence-corrected chi connectivity index (χ2v) is 7.83. The molecule has 9 nitrogen and oxygen atoms in total. The van der Waals surface area contributed by atoms with Crippen LogP contribution in [0.3, 0.4) is 0 Å². The van der Waals surface area contributed by atoms with Crippen LogP contribution >= 0.6 is 15.9 Å². The number of tetrazole rings is 1. The van der Waals surface area contributed by atoms with E-state index in [1.807, 2.05) is 46.0 Å². The van der Waals surface area contributed by atoms with Crippen LogP contribution < -0.4 is 4.90 Å². The van der Waals surface area contributed by atoms with Crippen molar-refractivity contribution >= 4 is 27.7 Å². The largest absolute Gasteiger partial charge is 0.478 e. The van der Waals surface area contributed by atoms with Crippen LogP contribution in [-0.4, -0.2) is 47.8 Å². The molecular weight excluding hydrogens is 462 g/mol. The number of aromatic carboxylic acids is 1. The summed E-state index contributed by atoms with van der Waals surface area (Å²) in [4.78, 5) is 18.0. The number of rotatable bonds is 8. The van der Waals surface area contributed by atoms with Crippen LogP contribution in [0, 0.1) is 0 Å². The van der Waals surface area contributed by atoms with Crippen molar-refractivity contribution in [2.45, 2.75) is 19.9 Å². The van der Waals surface area contributed by atoms with E-state index in [1.165, 1.54) is 0 Å². The van der Waals surface area contributed by atoms with Crippen molar-refractivity contribution in [3.05, 3.63) is 70.5 Å². The van der Waals surface area contributed by atoms with E-state index < -0.39 is 5.97 Å². The smallest absolute Gasteiger partial charge is 0.339 e. The fraction of sp³-hybridized carbons (Fsp3) is 0.190. The molecule has 0 saturated carbocycles. The summed E-state index contributed by atoms with van der Waals surface area (Å²) >= 11 is 3.51. The standard InChI is InChI=1S/C21H20BrN7O2/c1-2-10-28(20-17(21(30)31)4-3-9-23-20)12-14-5-7-16(8-6-14)29-13-15(22)11-18(29)19-24-26-27-25-19/h3-9,11,13H,2,10,12H2,1H3,(H,30,31)(H,24,25,26,27). The quantitative estimate of drug-likeness (QED) is 0.391. The molecule has 0 amide bonds. The van der Waals surface area contributed by atoms with E-state index in [0.29, 0.717) is 24.7 Å². The van der Waals surface area contributed by atoms with Crippen molar-refractivity contribution in [2.24, 2.45) is 0 Å². The van der Waals surface area contributed by atoms with E-state index in [9.17, 15) is 9.90 Å². The third-order valence-corrected chi connectivity index (χ3v) is 5.19. The van der Waals surface area contributed by atoms with Crippen LogP contribution in [0.15, 0.2) is 59.3 Å². The third-order valence-electron chi connectivity index (χ3n) is 4.76. The molecule has 0 saturated heterocycles. The summed E-state index contributed by atoms with van der Waals surface area (Å²) in [6.45, 7) is 3.31. The lowest BCUT2D eigenvalue weighted by Crippen LogP contribution is -2.26. The summed E-state index contributed by atoms with van der Waals surface area (Å²) in [6, 6.07) is 13.2.